The smallest absolute Gasteiger partial charge is 0.296 e. The molecule has 1 atom stereocenters. The van der Waals surface area contributed by atoms with Crippen molar-refractivity contribution < 1.29 is 19.2 Å². The number of nitrogens with zero attached hydrogens (tertiary/aromatic N) is 1. The van der Waals surface area contributed by atoms with Gasteiger partial charge in [-0.05, 0) is 25.4 Å². The predicted octanol–water partition coefficient (Wildman–Crippen LogP) is 1.26. The van der Waals surface area contributed by atoms with Gasteiger partial charge in [0.1, 0.15) is 5.69 Å². The second-order valence-electron chi connectivity index (χ2n) is 5.09. The van der Waals surface area contributed by atoms with E-state index in [0.717, 1.165) is 19.5 Å². The molecular formula is C13H15N3O5. The Bertz CT molecular complexity index is 583. The number of ether oxygens (including phenoxy) is 2. The van der Waals surface area contributed by atoms with Gasteiger partial charge in [-0.3, -0.25) is 14.9 Å². The summed E-state index contributed by atoms with van der Waals surface area (Å²) in [6, 6.07) is 2.71. The lowest BCUT2D eigenvalue weighted by molar-refractivity contribution is -0.384. The van der Waals surface area contributed by atoms with E-state index in [4.69, 9.17) is 9.47 Å². The first-order valence-electron chi connectivity index (χ1n) is 6.72. The highest BCUT2D eigenvalue weighted by atomic mass is 16.7. The summed E-state index contributed by atoms with van der Waals surface area (Å²) in [5.74, 6) is 0.766. The monoisotopic (exact) mass is 293 g/mol. The lowest BCUT2D eigenvalue weighted by atomic mass is 10.0. The van der Waals surface area contributed by atoms with E-state index in [1.807, 2.05) is 0 Å². The van der Waals surface area contributed by atoms with Crippen LogP contribution in [0.4, 0.5) is 11.4 Å². The van der Waals surface area contributed by atoms with Crippen LogP contribution in [0.1, 0.15) is 12.8 Å². The van der Waals surface area contributed by atoms with Gasteiger partial charge >= 0.3 is 0 Å². The summed E-state index contributed by atoms with van der Waals surface area (Å²) >= 11 is 0. The van der Waals surface area contributed by atoms with Gasteiger partial charge in [-0.15, -0.1) is 0 Å². The van der Waals surface area contributed by atoms with E-state index in [2.05, 4.69) is 10.6 Å². The number of nitro benzene ring substituents is 1. The fourth-order valence-electron chi connectivity index (χ4n) is 2.53. The average Bonchev–Trinajstić information content (AvgIpc) is 3.07. The number of nitro groups is 1. The van der Waals surface area contributed by atoms with Gasteiger partial charge in [-0.1, -0.05) is 0 Å². The molecule has 8 heteroatoms. The van der Waals surface area contributed by atoms with Gasteiger partial charge in [0.25, 0.3) is 5.69 Å². The minimum atomic E-state index is -0.547. The molecule has 3 rings (SSSR count). The van der Waals surface area contributed by atoms with Crippen LogP contribution in [-0.2, 0) is 4.79 Å². The molecule has 21 heavy (non-hydrogen) atoms. The van der Waals surface area contributed by atoms with Gasteiger partial charge in [0.05, 0.1) is 11.0 Å². The van der Waals surface area contributed by atoms with E-state index in [-0.39, 0.29) is 30.0 Å². The molecule has 1 aromatic carbocycles. The molecule has 1 saturated heterocycles. The highest BCUT2D eigenvalue weighted by molar-refractivity contribution is 5.94. The number of rotatable bonds is 4. The van der Waals surface area contributed by atoms with E-state index >= 15 is 0 Å². The molecular weight excluding hydrogens is 278 g/mol. The quantitative estimate of drug-likeness (QED) is 0.640. The Kier molecular flexibility index (Phi) is 3.61. The molecule has 0 aromatic heterocycles. The molecule has 0 spiro atoms. The maximum Gasteiger partial charge on any atom is 0.296 e. The van der Waals surface area contributed by atoms with Crippen molar-refractivity contribution >= 4 is 17.3 Å². The van der Waals surface area contributed by atoms with Crippen LogP contribution in [0.2, 0.25) is 0 Å². The van der Waals surface area contributed by atoms with E-state index in [1.54, 1.807) is 0 Å². The fraction of sp³-hybridized carbons (Fsp3) is 0.462. The van der Waals surface area contributed by atoms with Crippen molar-refractivity contribution in [3.8, 4) is 11.5 Å². The largest absolute Gasteiger partial charge is 0.454 e. The van der Waals surface area contributed by atoms with E-state index < -0.39 is 4.92 Å². The number of benzene rings is 1. The molecule has 2 heterocycles. The Labute approximate surface area is 120 Å². The van der Waals surface area contributed by atoms with Crippen molar-refractivity contribution in [2.45, 2.75) is 12.8 Å². The molecule has 2 aliphatic rings. The number of carbonyl (C=O) groups excluding carboxylic acids is 1. The van der Waals surface area contributed by atoms with Crippen molar-refractivity contribution in [2.75, 3.05) is 25.2 Å². The van der Waals surface area contributed by atoms with Crippen LogP contribution in [0.25, 0.3) is 0 Å². The second-order valence-corrected chi connectivity index (χ2v) is 5.09. The molecule has 0 radical (unpaired) electrons. The molecule has 112 valence electrons. The minimum Gasteiger partial charge on any atom is -0.454 e. The molecule has 1 fully saturated rings. The predicted molar refractivity (Wildman–Crippen MR) is 73.4 cm³/mol. The summed E-state index contributed by atoms with van der Waals surface area (Å²) in [4.78, 5) is 22.6. The van der Waals surface area contributed by atoms with Gasteiger partial charge < -0.3 is 20.1 Å². The SMILES string of the molecule is O=C(CC1CCNC1)Nc1cc2c(cc1[N+](=O)[O-])OCO2. The van der Waals surface area contributed by atoms with Crippen molar-refractivity contribution in [3.63, 3.8) is 0 Å². The third kappa shape index (κ3) is 2.89. The van der Waals surface area contributed by atoms with Crippen LogP contribution in [0.15, 0.2) is 12.1 Å². The maximum absolute atomic E-state index is 12.0. The molecule has 0 bridgehead atoms. The average molecular weight is 293 g/mol. The first-order valence-corrected chi connectivity index (χ1v) is 6.72. The van der Waals surface area contributed by atoms with Crippen LogP contribution >= 0.6 is 0 Å². The molecule has 2 N–H and O–H groups in total. The minimum absolute atomic E-state index is 0.0254. The highest BCUT2D eigenvalue weighted by Crippen LogP contribution is 2.40. The van der Waals surface area contributed by atoms with Crippen molar-refractivity contribution in [3.05, 3.63) is 22.2 Å². The molecule has 8 nitrogen and oxygen atoms in total. The molecule has 1 amide bonds. The van der Waals surface area contributed by atoms with Gasteiger partial charge in [-0.2, -0.15) is 0 Å². The van der Waals surface area contributed by atoms with Crippen molar-refractivity contribution in [1.29, 1.82) is 0 Å². The van der Waals surface area contributed by atoms with Crippen LogP contribution in [0.5, 0.6) is 11.5 Å². The third-order valence-electron chi connectivity index (χ3n) is 3.60. The number of carbonyl (C=O) groups is 1. The van der Waals surface area contributed by atoms with Gasteiger partial charge in [-0.25, -0.2) is 0 Å². The molecule has 0 saturated carbocycles. The van der Waals surface area contributed by atoms with Crippen LogP contribution in [-0.4, -0.2) is 30.7 Å². The molecule has 1 unspecified atom stereocenters. The topological polar surface area (TPSA) is 103 Å². The Hall–Kier alpha value is -2.35. The van der Waals surface area contributed by atoms with Crippen LogP contribution in [0.3, 0.4) is 0 Å². The summed E-state index contributed by atoms with van der Waals surface area (Å²) < 4.78 is 10.3. The number of hydrogen-bond acceptors (Lipinski definition) is 6. The lowest BCUT2D eigenvalue weighted by Gasteiger charge is -2.10. The Morgan fingerprint density at radius 2 is 2.19 bits per heavy atom. The summed E-state index contributed by atoms with van der Waals surface area (Å²) in [5.41, 5.74) is -0.0580. The second kappa shape index (κ2) is 5.57. The standard InChI is InChI=1S/C13H15N3O5/c17-13(3-8-1-2-14-6-8)15-9-4-11-12(21-7-20-11)5-10(9)16(18)19/h4-5,8,14H,1-3,6-7H2,(H,15,17). The Morgan fingerprint density at radius 1 is 1.43 bits per heavy atom. The summed E-state index contributed by atoms with van der Waals surface area (Å²) in [5, 5.41) is 16.9. The zero-order chi connectivity index (χ0) is 14.8. The Morgan fingerprint density at radius 3 is 2.86 bits per heavy atom. The highest BCUT2D eigenvalue weighted by Gasteiger charge is 2.25. The maximum atomic E-state index is 12.0. The summed E-state index contributed by atoms with van der Waals surface area (Å²) in [6.45, 7) is 1.73. The third-order valence-corrected chi connectivity index (χ3v) is 3.60. The first-order chi connectivity index (χ1) is 10.1. The van der Waals surface area contributed by atoms with Gasteiger partial charge in [0.2, 0.25) is 12.7 Å². The number of fused-ring (bicyclic) bond motifs is 1. The Balaban J connectivity index is 1.77. The van der Waals surface area contributed by atoms with Crippen molar-refractivity contribution in [1.82, 2.24) is 5.32 Å². The fourth-order valence-corrected chi connectivity index (χ4v) is 2.53. The number of anilines is 1. The molecule has 2 aliphatic heterocycles. The zero-order valence-corrected chi connectivity index (χ0v) is 11.3. The van der Waals surface area contributed by atoms with Gasteiger partial charge in [0.15, 0.2) is 11.5 Å². The zero-order valence-electron chi connectivity index (χ0n) is 11.3. The number of hydrogen-bond donors (Lipinski definition) is 2. The number of amides is 1. The lowest BCUT2D eigenvalue weighted by Crippen LogP contribution is -2.18. The normalized spacial score (nSPS) is 19.5. The molecule has 0 aliphatic carbocycles. The van der Waals surface area contributed by atoms with Crippen LogP contribution < -0.4 is 20.1 Å². The van der Waals surface area contributed by atoms with E-state index in [9.17, 15) is 14.9 Å². The number of nitrogens with one attached hydrogen (secondary N) is 2. The van der Waals surface area contributed by atoms with E-state index in [0.29, 0.717) is 17.9 Å². The molecule has 1 aromatic rings. The van der Waals surface area contributed by atoms with Crippen LogP contribution in [0, 0.1) is 16.0 Å². The van der Waals surface area contributed by atoms with Crippen molar-refractivity contribution in [2.24, 2.45) is 5.92 Å². The van der Waals surface area contributed by atoms with Gasteiger partial charge in [0, 0.05) is 12.5 Å². The van der Waals surface area contributed by atoms with E-state index in [1.165, 1.54) is 12.1 Å². The first kappa shape index (κ1) is 13.6. The summed E-state index contributed by atoms with van der Waals surface area (Å²) in [7, 11) is 0. The summed E-state index contributed by atoms with van der Waals surface area (Å²) in [6.07, 6.45) is 1.29.